The summed E-state index contributed by atoms with van der Waals surface area (Å²) < 4.78 is 22.3. The van der Waals surface area contributed by atoms with Gasteiger partial charge >= 0.3 is 0 Å². The minimum atomic E-state index is -3.68. The van der Waals surface area contributed by atoms with E-state index in [1.165, 1.54) is 12.1 Å². The van der Waals surface area contributed by atoms with Gasteiger partial charge in [0.25, 0.3) is 0 Å². The van der Waals surface area contributed by atoms with E-state index in [1.54, 1.807) is 18.2 Å². The van der Waals surface area contributed by atoms with E-state index in [0.29, 0.717) is 10.7 Å². The SMILES string of the molecule is C/C(=N\Nc1ccc(S(N)(=O)=O)cc1)c1cccc(Cl)c1. The second-order valence-electron chi connectivity index (χ2n) is 4.39. The van der Waals surface area contributed by atoms with Crippen molar-refractivity contribution in [3.8, 4) is 0 Å². The molecule has 2 aromatic rings. The minimum Gasteiger partial charge on any atom is -0.278 e. The average Bonchev–Trinajstić information content (AvgIpc) is 2.44. The maximum Gasteiger partial charge on any atom is 0.238 e. The van der Waals surface area contributed by atoms with Crippen LogP contribution in [0.25, 0.3) is 0 Å². The first-order valence-electron chi connectivity index (χ1n) is 6.05. The van der Waals surface area contributed by atoms with Crippen LogP contribution in [-0.4, -0.2) is 14.1 Å². The van der Waals surface area contributed by atoms with Crippen LogP contribution in [0, 0.1) is 0 Å². The Kier molecular flexibility index (Phi) is 4.62. The number of nitrogens with two attached hydrogens (primary N) is 1. The molecular weight excluding hydrogens is 310 g/mol. The summed E-state index contributed by atoms with van der Waals surface area (Å²) in [6, 6.07) is 13.4. The second kappa shape index (κ2) is 6.26. The van der Waals surface area contributed by atoms with Gasteiger partial charge in [-0.05, 0) is 48.9 Å². The standard InChI is InChI=1S/C14H14ClN3O2S/c1-10(11-3-2-4-12(15)9-11)17-18-13-5-7-14(8-6-13)21(16,19)20/h2-9,18H,1H3,(H2,16,19,20)/b17-10+. The Balaban J connectivity index is 2.14. The Morgan fingerprint density at radius 1 is 1.19 bits per heavy atom. The molecule has 0 spiro atoms. The third kappa shape index (κ3) is 4.29. The lowest BCUT2D eigenvalue weighted by Crippen LogP contribution is -2.11. The van der Waals surface area contributed by atoms with Crippen molar-refractivity contribution in [3.63, 3.8) is 0 Å². The molecule has 0 atom stereocenters. The zero-order valence-corrected chi connectivity index (χ0v) is 12.8. The van der Waals surface area contributed by atoms with Crippen LogP contribution >= 0.6 is 11.6 Å². The van der Waals surface area contributed by atoms with E-state index < -0.39 is 10.0 Å². The normalized spacial score (nSPS) is 12.2. The van der Waals surface area contributed by atoms with Gasteiger partial charge in [0.2, 0.25) is 10.0 Å². The molecule has 7 heteroatoms. The Hall–Kier alpha value is -1.89. The third-order valence-electron chi connectivity index (χ3n) is 2.78. The molecule has 0 fully saturated rings. The highest BCUT2D eigenvalue weighted by molar-refractivity contribution is 7.89. The van der Waals surface area contributed by atoms with Gasteiger partial charge < -0.3 is 0 Å². The maximum absolute atomic E-state index is 11.1. The number of nitrogens with zero attached hydrogens (tertiary/aromatic N) is 1. The van der Waals surface area contributed by atoms with Crippen LogP contribution in [0.3, 0.4) is 0 Å². The van der Waals surface area contributed by atoms with Crippen molar-refractivity contribution in [2.75, 3.05) is 5.43 Å². The molecule has 2 rings (SSSR count). The number of anilines is 1. The minimum absolute atomic E-state index is 0.0589. The molecular formula is C14H14ClN3O2S. The number of hydrazone groups is 1. The van der Waals surface area contributed by atoms with Crippen LogP contribution in [0.1, 0.15) is 12.5 Å². The van der Waals surface area contributed by atoms with Gasteiger partial charge in [0.05, 0.1) is 16.3 Å². The van der Waals surface area contributed by atoms with E-state index in [4.69, 9.17) is 16.7 Å². The van der Waals surface area contributed by atoms with Crippen LogP contribution in [0.5, 0.6) is 0 Å². The highest BCUT2D eigenvalue weighted by Crippen LogP contribution is 2.14. The van der Waals surface area contributed by atoms with Gasteiger partial charge in [0.15, 0.2) is 0 Å². The molecule has 21 heavy (non-hydrogen) atoms. The molecule has 2 aromatic carbocycles. The van der Waals surface area contributed by atoms with E-state index >= 15 is 0 Å². The van der Waals surface area contributed by atoms with Crippen LogP contribution in [0.4, 0.5) is 5.69 Å². The lowest BCUT2D eigenvalue weighted by molar-refractivity contribution is 0.598. The second-order valence-corrected chi connectivity index (χ2v) is 6.39. The van der Waals surface area contributed by atoms with Crippen molar-refractivity contribution in [2.45, 2.75) is 11.8 Å². The number of benzene rings is 2. The van der Waals surface area contributed by atoms with Crippen molar-refractivity contribution in [2.24, 2.45) is 10.2 Å². The molecule has 0 saturated heterocycles. The summed E-state index contributed by atoms with van der Waals surface area (Å²) in [4.78, 5) is 0.0589. The monoisotopic (exact) mass is 323 g/mol. The van der Waals surface area contributed by atoms with Crippen molar-refractivity contribution >= 4 is 33.0 Å². The van der Waals surface area contributed by atoms with Crippen LogP contribution in [0.15, 0.2) is 58.5 Å². The Labute approximate surface area is 128 Å². The Morgan fingerprint density at radius 3 is 2.43 bits per heavy atom. The van der Waals surface area contributed by atoms with E-state index in [1.807, 2.05) is 25.1 Å². The fourth-order valence-electron chi connectivity index (χ4n) is 1.65. The third-order valence-corrected chi connectivity index (χ3v) is 3.94. The zero-order chi connectivity index (χ0) is 15.5. The zero-order valence-electron chi connectivity index (χ0n) is 11.2. The van der Waals surface area contributed by atoms with Crippen molar-refractivity contribution in [1.29, 1.82) is 0 Å². The number of sulfonamides is 1. The van der Waals surface area contributed by atoms with Gasteiger partial charge in [0.1, 0.15) is 0 Å². The number of primary sulfonamides is 1. The first-order valence-corrected chi connectivity index (χ1v) is 7.98. The van der Waals surface area contributed by atoms with E-state index in [9.17, 15) is 8.42 Å². The van der Waals surface area contributed by atoms with E-state index in [0.717, 1.165) is 11.3 Å². The van der Waals surface area contributed by atoms with Crippen LogP contribution in [0.2, 0.25) is 5.02 Å². The summed E-state index contributed by atoms with van der Waals surface area (Å²) >= 11 is 5.92. The van der Waals surface area contributed by atoms with Gasteiger partial charge in [0, 0.05) is 5.02 Å². The van der Waals surface area contributed by atoms with Crippen molar-refractivity contribution in [1.82, 2.24) is 0 Å². The molecule has 0 amide bonds. The summed E-state index contributed by atoms with van der Waals surface area (Å²) in [5, 5.41) is 9.89. The number of nitrogens with one attached hydrogen (secondary N) is 1. The Morgan fingerprint density at radius 2 is 1.86 bits per heavy atom. The summed E-state index contributed by atoms with van der Waals surface area (Å²) in [6.45, 7) is 1.84. The van der Waals surface area contributed by atoms with Crippen LogP contribution < -0.4 is 10.6 Å². The summed E-state index contributed by atoms with van der Waals surface area (Å²) in [5.41, 5.74) is 5.16. The lowest BCUT2D eigenvalue weighted by Gasteiger charge is -2.05. The van der Waals surface area contributed by atoms with E-state index in [2.05, 4.69) is 10.5 Å². The molecule has 0 bridgehead atoms. The fourth-order valence-corrected chi connectivity index (χ4v) is 2.35. The van der Waals surface area contributed by atoms with Crippen molar-refractivity contribution in [3.05, 3.63) is 59.1 Å². The Bertz CT molecular complexity index is 771. The molecule has 0 aromatic heterocycles. The van der Waals surface area contributed by atoms with E-state index in [-0.39, 0.29) is 4.90 Å². The molecule has 5 nitrogen and oxygen atoms in total. The molecule has 0 radical (unpaired) electrons. The van der Waals surface area contributed by atoms with Gasteiger partial charge in [-0.15, -0.1) is 0 Å². The van der Waals surface area contributed by atoms with Gasteiger partial charge in [-0.2, -0.15) is 5.10 Å². The molecule has 0 unspecified atom stereocenters. The molecule has 0 saturated carbocycles. The first kappa shape index (κ1) is 15.5. The molecule has 0 aliphatic rings. The van der Waals surface area contributed by atoms with Crippen molar-refractivity contribution < 1.29 is 8.42 Å². The number of hydrogen-bond donors (Lipinski definition) is 2. The predicted octanol–water partition coefficient (Wildman–Crippen LogP) is 2.82. The molecule has 0 heterocycles. The topological polar surface area (TPSA) is 84.5 Å². The average molecular weight is 324 g/mol. The number of halogens is 1. The molecule has 0 aliphatic carbocycles. The maximum atomic E-state index is 11.1. The predicted molar refractivity (Wildman–Crippen MR) is 85.1 cm³/mol. The molecule has 3 N–H and O–H groups in total. The fraction of sp³-hybridized carbons (Fsp3) is 0.0714. The largest absolute Gasteiger partial charge is 0.278 e. The molecule has 0 aliphatic heterocycles. The van der Waals surface area contributed by atoms with Gasteiger partial charge in [-0.25, -0.2) is 13.6 Å². The van der Waals surface area contributed by atoms with Gasteiger partial charge in [-0.1, -0.05) is 23.7 Å². The van der Waals surface area contributed by atoms with Crippen LogP contribution in [-0.2, 0) is 10.0 Å². The number of hydrogen-bond acceptors (Lipinski definition) is 4. The summed E-state index contributed by atoms with van der Waals surface area (Å²) in [5.74, 6) is 0. The first-order chi connectivity index (χ1) is 9.86. The number of rotatable bonds is 4. The molecule has 110 valence electrons. The highest BCUT2D eigenvalue weighted by atomic mass is 35.5. The quantitative estimate of drug-likeness (QED) is 0.670. The smallest absolute Gasteiger partial charge is 0.238 e. The lowest BCUT2D eigenvalue weighted by atomic mass is 10.1. The van der Waals surface area contributed by atoms with Gasteiger partial charge in [-0.3, -0.25) is 5.43 Å². The summed E-state index contributed by atoms with van der Waals surface area (Å²) in [6.07, 6.45) is 0. The highest BCUT2D eigenvalue weighted by Gasteiger charge is 2.06. The summed E-state index contributed by atoms with van der Waals surface area (Å²) in [7, 11) is -3.68.